The van der Waals surface area contributed by atoms with Gasteiger partial charge in [0.2, 0.25) is 0 Å². The molecule has 0 saturated carbocycles. The second kappa shape index (κ2) is 9.75. The van der Waals surface area contributed by atoms with Crippen molar-refractivity contribution in [3.05, 3.63) is 30.3 Å². The lowest BCUT2D eigenvalue weighted by atomic mass is 9.81. The van der Waals surface area contributed by atoms with Gasteiger partial charge in [-0.15, -0.1) is 0 Å². The van der Waals surface area contributed by atoms with Gasteiger partial charge in [0.1, 0.15) is 0 Å². The van der Waals surface area contributed by atoms with Crippen LogP contribution in [0, 0.1) is 0 Å². The van der Waals surface area contributed by atoms with Crippen molar-refractivity contribution in [2.75, 3.05) is 0 Å². The minimum Gasteiger partial charge on any atom is -0.423 e. The van der Waals surface area contributed by atoms with Crippen molar-refractivity contribution in [3.63, 3.8) is 0 Å². The van der Waals surface area contributed by atoms with Gasteiger partial charge < -0.3 is 10.0 Å². The molecule has 0 aliphatic carbocycles. The van der Waals surface area contributed by atoms with Gasteiger partial charge >= 0.3 is 7.12 Å². The number of hydrogen-bond donors (Lipinski definition) is 2. The van der Waals surface area contributed by atoms with E-state index in [1.54, 1.807) is 24.3 Å². The Balaban J connectivity index is 0.000000288. The largest absolute Gasteiger partial charge is 0.488 e. The summed E-state index contributed by atoms with van der Waals surface area (Å²) in [5.74, 6) is 0. The first-order chi connectivity index (χ1) is 7.22. The lowest BCUT2D eigenvalue weighted by Crippen LogP contribution is -2.29. The first-order valence-electron chi connectivity index (χ1n) is 5.63. The van der Waals surface area contributed by atoms with Crippen molar-refractivity contribution >= 4 is 12.6 Å². The topological polar surface area (TPSA) is 40.5 Å². The van der Waals surface area contributed by atoms with Crippen LogP contribution >= 0.6 is 0 Å². The minimum absolute atomic E-state index is 0.525. The molecular weight excluding hydrogens is 187 g/mol. The van der Waals surface area contributed by atoms with Crippen LogP contribution in [0.2, 0.25) is 0 Å². The molecule has 1 aromatic rings. The number of hydrogen-bond acceptors (Lipinski definition) is 2. The fourth-order valence-corrected chi connectivity index (χ4v) is 1.13. The molecule has 0 spiro atoms. The van der Waals surface area contributed by atoms with E-state index >= 15 is 0 Å². The average Bonchev–Trinajstić information content (AvgIpc) is 2.28. The molecule has 2 N–H and O–H groups in total. The summed E-state index contributed by atoms with van der Waals surface area (Å²) in [7, 11) is -1.34. The Bertz CT molecular complexity index is 220. The number of rotatable bonds is 4. The summed E-state index contributed by atoms with van der Waals surface area (Å²) >= 11 is 0. The van der Waals surface area contributed by atoms with Crippen molar-refractivity contribution in [1.82, 2.24) is 0 Å². The van der Waals surface area contributed by atoms with Gasteiger partial charge in [0.25, 0.3) is 0 Å². The summed E-state index contributed by atoms with van der Waals surface area (Å²) in [4.78, 5) is 0. The third kappa shape index (κ3) is 8.22. The molecule has 0 atom stereocenters. The van der Waals surface area contributed by atoms with Crippen LogP contribution in [-0.2, 0) is 0 Å². The van der Waals surface area contributed by atoms with E-state index in [-0.39, 0.29) is 0 Å². The van der Waals surface area contributed by atoms with Gasteiger partial charge in [-0.05, 0) is 5.46 Å². The average molecular weight is 208 g/mol. The maximum Gasteiger partial charge on any atom is 0.488 e. The first kappa shape index (κ1) is 14.2. The molecular formula is C12H21BO2. The fourth-order valence-electron chi connectivity index (χ4n) is 1.13. The predicted octanol–water partition coefficient (Wildman–Crippen LogP) is 1.95. The first-order valence-corrected chi connectivity index (χ1v) is 5.63. The molecule has 1 aromatic carbocycles. The zero-order chi connectivity index (χ0) is 11.5. The smallest absolute Gasteiger partial charge is 0.423 e. The molecule has 0 amide bonds. The summed E-state index contributed by atoms with van der Waals surface area (Å²) in [6, 6.07) is 8.66. The van der Waals surface area contributed by atoms with E-state index in [1.165, 1.54) is 25.7 Å². The molecule has 0 unspecified atom stereocenters. The predicted molar refractivity (Wildman–Crippen MR) is 66.1 cm³/mol. The minimum atomic E-state index is -1.34. The lowest BCUT2D eigenvalue weighted by Gasteiger charge is -1.94. The van der Waals surface area contributed by atoms with Crippen molar-refractivity contribution < 1.29 is 10.0 Å². The van der Waals surface area contributed by atoms with Crippen molar-refractivity contribution in [3.8, 4) is 0 Å². The molecule has 0 saturated heterocycles. The molecule has 0 aliphatic rings. The quantitative estimate of drug-likeness (QED) is 0.586. The molecule has 84 valence electrons. The van der Waals surface area contributed by atoms with Gasteiger partial charge in [0.05, 0.1) is 0 Å². The SMILES string of the molecule is CCCCCC.OB(O)c1ccccc1. The van der Waals surface area contributed by atoms with Crippen LogP contribution in [0.4, 0.5) is 0 Å². The maximum atomic E-state index is 8.58. The van der Waals surface area contributed by atoms with Gasteiger partial charge in [0, 0.05) is 0 Å². The summed E-state index contributed by atoms with van der Waals surface area (Å²) < 4.78 is 0. The van der Waals surface area contributed by atoms with E-state index in [0.717, 1.165) is 0 Å². The monoisotopic (exact) mass is 208 g/mol. The molecule has 15 heavy (non-hydrogen) atoms. The second-order valence-corrected chi connectivity index (χ2v) is 3.49. The van der Waals surface area contributed by atoms with Gasteiger partial charge in [-0.1, -0.05) is 69.9 Å². The molecule has 3 heteroatoms. The molecule has 0 bridgehead atoms. The van der Waals surface area contributed by atoms with E-state index < -0.39 is 7.12 Å². The van der Waals surface area contributed by atoms with E-state index in [0.29, 0.717) is 5.46 Å². The Morgan fingerprint density at radius 1 is 0.933 bits per heavy atom. The van der Waals surface area contributed by atoms with E-state index in [9.17, 15) is 0 Å². The molecule has 2 nitrogen and oxygen atoms in total. The molecule has 0 aliphatic heterocycles. The Labute approximate surface area is 93.1 Å². The van der Waals surface area contributed by atoms with Crippen LogP contribution < -0.4 is 5.46 Å². The highest BCUT2D eigenvalue weighted by molar-refractivity contribution is 6.58. The van der Waals surface area contributed by atoms with Gasteiger partial charge in [-0.25, -0.2) is 0 Å². The molecule has 1 rings (SSSR count). The number of benzene rings is 1. The third-order valence-electron chi connectivity index (χ3n) is 2.05. The zero-order valence-corrected chi connectivity index (χ0v) is 9.69. The van der Waals surface area contributed by atoms with E-state index in [1.807, 2.05) is 6.07 Å². The molecule has 0 radical (unpaired) electrons. The highest BCUT2D eigenvalue weighted by Gasteiger charge is 2.07. The van der Waals surface area contributed by atoms with E-state index in [2.05, 4.69) is 13.8 Å². The Hall–Kier alpha value is -0.795. The summed E-state index contributed by atoms with van der Waals surface area (Å²) in [6.07, 6.45) is 5.54. The van der Waals surface area contributed by atoms with Crippen molar-refractivity contribution in [2.24, 2.45) is 0 Å². The van der Waals surface area contributed by atoms with Crippen LogP contribution in [0.15, 0.2) is 30.3 Å². The molecule has 0 heterocycles. The summed E-state index contributed by atoms with van der Waals surface area (Å²) in [6.45, 7) is 4.46. The highest BCUT2D eigenvalue weighted by Crippen LogP contribution is 1.95. The zero-order valence-electron chi connectivity index (χ0n) is 9.69. The summed E-state index contributed by atoms with van der Waals surface area (Å²) in [5.41, 5.74) is 0.525. The number of unbranched alkanes of at least 4 members (excludes halogenated alkanes) is 3. The van der Waals surface area contributed by atoms with Crippen molar-refractivity contribution in [1.29, 1.82) is 0 Å². The molecule has 0 fully saturated rings. The Morgan fingerprint density at radius 2 is 1.40 bits per heavy atom. The van der Waals surface area contributed by atoms with Crippen LogP contribution in [0.25, 0.3) is 0 Å². The lowest BCUT2D eigenvalue weighted by molar-refractivity contribution is 0.426. The fraction of sp³-hybridized carbons (Fsp3) is 0.500. The Morgan fingerprint density at radius 3 is 1.67 bits per heavy atom. The summed E-state index contributed by atoms with van der Waals surface area (Å²) in [5, 5.41) is 17.2. The van der Waals surface area contributed by atoms with Gasteiger partial charge in [-0.3, -0.25) is 0 Å². The Kier molecular flexibility index (Phi) is 9.23. The van der Waals surface area contributed by atoms with Crippen LogP contribution in [0.3, 0.4) is 0 Å². The highest BCUT2D eigenvalue weighted by atomic mass is 16.4. The van der Waals surface area contributed by atoms with Gasteiger partial charge in [-0.2, -0.15) is 0 Å². The van der Waals surface area contributed by atoms with Crippen LogP contribution in [0.5, 0.6) is 0 Å². The standard InChI is InChI=1S/C6H7BO2.C6H14/c8-7(9)6-4-2-1-3-5-6;1-3-5-6-4-2/h1-5,8-9H;3-6H2,1-2H3. The third-order valence-corrected chi connectivity index (χ3v) is 2.05. The van der Waals surface area contributed by atoms with Crippen LogP contribution in [-0.4, -0.2) is 17.2 Å². The maximum absolute atomic E-state index is 8.58. The van der Waals surface area contributed by atoms with E-state index in [4.69, 9.17) is 10.0 Å². The van der Waals surface area contributed by atoms with Crippen molar-refractivity contribution in [2.45, 2.75) is 39.5 Å². The molecule has 0 aromatic heterocycles. The normalized spacial score (nSPS) is 9.07. The van der Waals surface area contributed by atoms with Gasteiger partial charge in [0.15, 0.2) is 0 Å². The second-order valence-electron chi connectivity index (χ2n) is 3.49. The van der Waals surface area contributed by atoms with Crippen LogP contribution in [0.1, 0.15) is 39.5 Å².